The highest BCUT2D eigenvalue weighted by atomic mass is 16.1. The molecular formula is C20H26N6O. The minimum absolute atomic E-state index is 0.103. The summed E-state index contributed by atoms with van der Waals surface area (Å²) in [7, 11) is 0. The molecule has 0 saturated carbocycles. The topological polar surface area (TPSA) is 75.9 Å². The number of piperidine rings is 1. The summed E-state index contributed by atoms with van der Waals surface area (Å²) in [5.41, 5.74) is 1.68. The van der Waals surface area contributed by atoms with Crippen LogP contribution in [0, 0.1) is 11.8 Å². The summed E-state index contributed by atoms with van der Waals surface area (Å²) >= 11 is 0. The number of hydrogen-bond donors (Lipinski definition) is 1. The van der Waals surface area contributed by atoms with Gasteiger partial charge in [0.2, 0.25) is 5.91 Å². The van der Waals surface area contributed by atoms with Crippen molar-refractivity contribution in [3.05, 3.63) is 42.7 Å². The van der Waals surface area contributed by atoms with E-state index in [0.717, 1.165) is 43.2 Å². The molecule has 0 spiro atoms. The first-order valence-electron chi connectivity index (χ1n) is 9.79. The van der Waals surface area contributed by atoms with E-state index in [9.17, 15) is 4.79 Å². The number of hydrogen-bond acceptors (Lipinski definition) is 5. The third-order valence-corrected chi connectivity index (χ3v) is 5.60. The Hall–Kier alpha value is -2.54. The van der Waals surface area contributed by atoms with Gasteiger partial charge in [-0.2, -0.15) is 0 Å². The van der Waals surface area contributed by atoms with E-state index in [1.54, 1.807) is 11.0 Å². The molecule has 27 heavy (non-hydrogen) atoms. The van der Waals surface area contributed by atoms with Gasteiger partial charge in [0.05, 0.1) is 5.69 Å². The third kappa shape index (κ3) is 4.60. The van der Waals surface area contributed by atoms with Gasteiger partial charge in [-0.15, -0.1) is 5.10 Å². The standard InChI is InChI=1S/C20H26N6O/c27-20(22-18-6-8-19(9-7-18)26-15-21-23-24-26)17-10-12-25(13-11-17)14-16-4-2-1-3-5-16/h1-2,6-9,15-17H,3-5,10-14H2,(H,22,27)/t16-/m0/s1. The molecule has 7 nitrogen and oxygen atoms in total. The lowest BCUT2D eigenvalue weighted by Crippen LogP contribution is -2.40. The van der Waals surface area contributed by atoms with E-state index in [1.165, 1.54) is 25.8 Å². The maximum absolute atomic E-state index is 12.6. The average molecular weight is 366 g/mol. The Morgan fingerprint density at radius 2 is 1.93 bits per heavy atom. The Bertz CT molecular complexity index is 762. The van der Waals surface area contributed by atoms with Crippen molar-refractivity contribution in [3.63, 3.8) is 0 Å². The molecular weight excluding hydrogens is 340 g/mol. The van der Waals surface area contributed by atoms with E-state index in [2.05, 4.69) is 37.9 Å². The lowest BCUT2D eigenvalue weighted by atomic mass is 9.91. The highest BCUT2D eigenvalue weighted by molar-refractivity contribution is 5.92. The Morgan fingerprint density at radius 1 is 1.11 bits per heavy atom. The van der Waals surface area contributed by atoms with Crippen molar-refractivity contribution in [1.29, 1.82) is 0 Å². The quantitative estimate of drug-likeness (QED) is 0.824. The maximum atomic E-state index is 12.6. The minimum atomic E-state index is 0.103. The van der Waals surface area contributed by atoms with Crippen LogP contribution in [-0.4, -0.2) is 50.6 Å². The van der Waals surface area contributed by atoms with Crippen LogP contribution in [0.1, 0.15) is 32.1 Å². The molecule has 0 radical (unpaired) electrons. The first-order chi connectivity index (χ1) is 13.3. The molecule has 1 saturated heterocycles. The SMILES string of the molecule is O=C(Nc1ccc(-n2cnnn2)cc1)C1CCN(C[C@H]2CC=CCC2)CC1. The Morgan fingerprint density at radius 3 is 2.59 bits per heavy atom. The van der Waals surface area contributed by atoms with Crippen molar-refractivity contribution < 1.29 is 4.79 Å². The van der Waals surface area contributed by atoms with Crippen LogP contribution in [0.15, 0.2) is 42.7 Å². The largest absolute Gasteiger partial charge is 0.326 e. The van der Waals surface area contributed by atoms with Crippen LogP contribution in [0.2, 0.25) is 0 Å². The molecule has 2 aliphatic rings. The molecule has 1 atom stereocenters. The van der Waals surface area contributed by atoms with Crippen LogP contribution in [0.4, 0.5) is 5.69 Å². The van der Waals surface area contributed by atoms with Crippen molar-refractivity contribution in [2.45, 2.75) is 32.1 Å². The summed E-state index contributed by atoms with van der Waals surface area (Å²) in [6.45, 7) is 3.23. The van der Waals surface area contributed by atoms with E-state index in [-0.39, 0.29) is 11.8 Å². The highest BCUT2D eigenvalue weighted by Crippen LogP contribution is 2.24. The number of likely N-dealkylation sites (tertiary alicyclic amines) is 1. The third-order valence-electron chi connectivity index (χ3n) is 5.60. The molecule has 1 aromatic heterocycles. The summed E-state index contributed by atoms with van der Waals surface area (Å²) in [6, 6.07) is 7.57. The number of carbonyl (C=O) groups excluding carboxylic acids is 1. The van der Waals surface area contributed by atoms with Gasteiger partial charge in [0.1, 0.15) is 6.33 Å². The molecule has 1 N–H and O–H groups in total. The van der Waals surface area contributed by atoms with Gasteiger partial charge in [-0.05, 0) is 85.8 Å². The first kappa shape index (κ1) is 17.9. The minimum Gasteiger partial charge on any atom is -0.326 e. The van der Waals surface area contributed by atoms with E-state index >= 15 is 0 Å². The van der Waals surface area contributed by atoms with Crippen molar-refractivity contribution in [3.8, 4) is 5.69 Å². The van der Waals surface area contributed by atoms with E-state index < -0.39 is 0 Å². The summed E-state index contributed by atoms with van der Waals surface area (Å²) in [5, 5.41) is 14.2. The van der Waals surface area contributed by atoms with E-state index in [0.29, 0.717) is 0 Å². The molecule has 4 rings (SSSR count). The predicted molar refractivity (Wildman–Crippen MR) is 103 cm³/mol. The zero-order valence-corrected chi connectivity index (χ0v) is 15.5. The van der Waals surface area contributed by atoms with Crippen molar-refractivity contribution in [1.82, 2.24) is 25.1 Å². The maximum Gasteiger partial charge on any atom is 0.227 e. The second-order valence-electron chi connectivity index (χ2n) is 7.52. The molecule has 1 amide bonds. The van der Waals surface area contributed by atoms with Crippen molar-refractivity contribution in [2.75, 3.05) is 25.0 Å². The van der Waals surface area contributed by atoms with Gasteiger partial charge < -0.3 is 10.2 Å². The fraction of sp³-hybridized carbons (Fsp3) is 0.500. The number of rotatable bonds is 5. The lowest BCUT2D eigenvalue weighted by Gasteiger charge is -2.34. The summed E-state index contributed by atoms with van der Waals surface area (Å²) in [4.78, 5) is 15.1. The number of carbonyl (C=O) groups is 1. The lowest BCUT2D eigenvalue weighted by molar-refractivity contribution is -0.121. The zero-order chi connectivity index (χ0) is 18.5. The Balaban J connectivity index is 1.25. The Kier molecular flexibility index (Phi) is 5.58. The number of benzene rings is 1. The Labute approximate surface area is 159 Å². The molecule has 7 heteroatoms. The van der Waals surface area contributed by atoms with Crippen LogP contribution in [-0.2, 0) is 4.79 Å². The summed E-state index contributed by atoms with van der Waals surface area (Å²) < 4.78 is 1.59. The average Bonchev–Trinajstić information content (AvgIpc) is 3.25. The summed E-state index contributed by atoms with van der Waals surface area (Å²) in [6.07, 6.45) is 11.8. The molecule has 0 unspecified atom stereocenters. The van der Waals surface area contributed by atoms with Gasteiger partial charge in [-0.3, -0.25) is 4.79 Å². The van der Waals surface area contributed by atoms with Crippen LogP contribution in [0.3, 0.4) is 0 Å². The first-order valence-corrected chi connectivity index (χ1v) is 9.79. The van der Waals surface area contributed by atoms with Crippen molar-refractivity contribution in [2.24, 2.45) is 11.8 Å². The molecule has 1 aliphatic heterocycles. The predicted octanol–water partition coefficient (Wildman–Crippen LogP) is 2.67. The number of nitrogens with zero attached hydrogens (tertiary/aromatic N) is 5. The monoisotopic (exact) mass is 366 g/mol. The molecule has 1 aromatic carbocycles. The van der Waals surface area contributed by atoms with Gasteiger partial charge >= 0.3 is 0 Å². The number of aromatic nitrogens is 4. The van der Waals surface area contributed by atoms with Gasteiger partial charge in [0.25, 0.3) is 0 Å². The van der Waals surface area contributed by atoms with E-state index in [4.69, 9.17) is 0 Å². The van der Waals surface area contributed by atoms with Crippen LogP contribution >= 0.6 is 0 Å². The molecule has 1 aliphatic carbocycles. The normalized spacial score (nSPS) is 21.3. The second-order valence-corrected chi connectivity index (χ2v) is 7.52. The van der Waals surface area contributed by atoms with Gasteiger partial charge in [-0.25, -0.2) is 4.68 Å². The molecule has 2 heterocycles. The number of tetrazole rings is 1. The van der Waals surface area contributed by atoms with Gasteiger partial charge in [-0.1, -0.05) is 12.2 Å². The molecule has 142 valence electrons. The smallest absolute Gasteiger partial charge is 0.227 e. The van der Waals surface area contributed by atoms with Crippen molar-refractivity contribution >= 4 is 11.6 Å². The number of anilines is 1. The van der Waals surface area contributed by atoms with Crippen LogP contribution in [0.5, 0.6) is 0 Å². The number of amides is 1. The van der Waals surface area contributed by atoms with Gasteiger partial charge in [0.15, 0.2) is 0 Å². The fourth-order valence-corrected chi connectivity index (χ4v) is 3.99. The molecule has 1 fully saturated rings. The fourth-order valence-electron chi connectivity index (χ4n) is 3.99. The van der Waals surface area contributed by atoms with E-state index in [1.807, 2.05) is 24.3 Å². The molecule has 2 aromatic rings. The zero-order valence-electron chi connectivity index (χ0n) is 15.5. The number of nitrogens with one attached hydrogen (secondary N) is 1. The van der Waals surface area contributed by atoms with Gasteiger partial charge in [0, 0.05) is 18.2 Å². The summed E-state index contributed by atoms with van der Waals surface area (Å²) in [5.74, 6) is 1.02. The number of allylic oxidation sites excluding steroid dienone is 2. The highest BCUT2D eigenvalue weighted by Gasteiger charge is 2.26. The van der Waals surface area contributed by atoms with Crippen LogP contribution < -0.4 is 5.32 Å². The second kappa shape index (κ2) is 8.43. The molecule has 0 bridgehead atoms. The van der Waals surface area contributed by atoms with Crippen LogP contribution in [0.25, 0.3) is 5.69 Å².